The van der Waals surface area contributed by atoms with E-state index < -0.39 is 0 Å². The largest absolute Gasteiger partial charge is 1.00 e. The third kappa shape index (κ3) is 8.52. The molecule has 0 amide bonds. The van der Waals surface area contributed by atoms with Gasteiger partial charge in [0, 0.05) is 13.2 Å². The van der Waals surface area contributed by atoms with Crippen molar-refractivity contribution in [2.24, 2.45) is 0 Å². The number of rotatable bonds is 4. The molecule has 0 atom stereocenters. The van der Waals surface area contributed by atoms with Crippen LogP contribution in [0.25, 0.3) is 0 Å². The second-order valence-corrected chi connectivity index (χ2v) is 1.48. The van der Waals surface area contributed by atoms with Gasteiger partial charge in [-0.15, -0.1) is 0 Å². The standard InChI is InChI=1S/C6H14O2.Li.H/c1-4-7-6(3)8-5-2;;/h6H,4-5H2,1-3H3;;/q;+1;-1. The second-order valence-electron chi connectivity index (χ2n) is 1.48. The van der Waals surface area contributed by atoms with Crippen LogP contribution in [0.5, 0.6) is 0 Å². The van der Waals surface area contributed by atoms with Gasteiger partial charge in [-0.2, -0.15) is 0 Å². The van der Waals surface area contributed by atoms with Gasteiger partial charge in [0.2, 0.25) is 0 Å². The molecule has 52 valence electrons. The Morgan fingerprint density at radius 3 is 1.78 bits per heavy atom. The van der Waals surface area contributed by atoms with E-state index >= 15 is 0 Å². The first kappa shape index (κ1) is 12.2. The molecule has 0 rings (SSSR count). The fourth-order valence-corrected chi connectivity index (χ4v) is 0.518. The average molecular weight is 126 g/mol. The van der Waals surface area contributed by atoms with E-state index in [0.717, 1.165) is 13.2 Å². The summed E-state index contributed by atoms with van der Waals surface area (Å²) in [7, 11) is 0. The van der Waals surface area contributed by atoms with Crippen molar-refractivity contribution in [2.45, 2.75) is 27.1 Å². The molecule has 0 saturated heterocycles. The van der Waals surface area contributed by atoms with Gasteiger partial charge in [0.1, 0.15) is 0 Å². The van der Waals surface area contributed by atoms with Gasteiger partial charge < -0.3 is 10.9 Å². The predicted octanol–water partition coefficient (Wildman–Crippen LogP) is -1.48. The van der Waals surface area contributed by atoms with Crippen molar-refractivity contribution in [2.75, 3.05) is 13.2 Å². The van der Waals surface area contributed by atoms with Crippen LogP contribution in [0.4, 0.5) is 0 Å². The van der Waals surface area contributed by atoms with Crippen LogP contribution in [0, 0.1) is 0 Å². The SMILES string of the molecule is CCOC(C)OCC.[H-].[Li+]. The van der Waals surface area contributed by atoms with Crippen LogP contribution in [0.1, 0.15) is 22.2 Å². The fourth-order valence-electron chi connectivity index (χ4n) is 0.518. The van der Waals surface area contributed by atoms with E-state index in [0.29, 0.717) is 0 Å². The minimum absolute atomic E-state index is 0. The van der Waals surface area contributed by atoms with Gasteiger partial charge in [-0.1, -0.05) is 0 Å². The van der Waals surface area contributed by atoms with Crippen molar-refractivity contribution in [1.29, 1.82) is 0 Å². The van der Waals surface area contributed by atoms with Crippen molar-refractivity contribution in [3.63, 3.8) is 0 Å². The molecule has 0 spiro atoms. The van der Waals surface area contributed by atoms with Crippen LogP contribution < -0.4 is 18.9 Å². The molecule has 0 aromatic heterocycles. The number of ether oxygens (including phenoxy) is 2. The summed E-state index contributed by atoms with van der Waals surface area (Å²) in [4.78, 5) is 0. The fraction of sp³-hybridized carbons (Fsp3) is 1.00. The molecular weight excluding hydrogens is 111 g/mol. The molecule has 0 aliphatic heterocycles. The molecule has 9 heavy (non-hydrogen) atoms. The molecule has 3 heteroatoms. The molecule has 0 saturated carbocycles. The van der Waals surface area contributed by atoms with E-state index in [1.165, 1.54) is 0 Å². The Kier molecular flexibility index (Phi) is 11.6. The molecular formula is C6H15LiO2. The molecule has 2 nitrogen and oxygen atoms in total. The van der Waals surface area contributed by atoms with Crippen molar-refractivity contribution < 1.29 is 29.8 Å². The molecule has 0 aliphatic rings. The summed E-state index contributed by atoms with van der Waals surface area (Å²) in [6.07, 6.45) is -0.0370. The van der Waals surface area contributed by atoms with Crippen LogP contribution in [-0.2, 0) is 9.47 Å². The maximum absolute atomic E-state index is 5.06. The van der Waals surface area contributed by atoms with Crippen LogP contribution in [0.3, 0.4) is 0 Å². The summed E-state index contributed by atoms with van der Waals surface area (Å²) in [6, 6.07) is 0. The van der Waals surface area contributed by atoms with Gasteiger partial charge >= 0.3 is 18.9 Å². The molecule has 0 radical (unpaired) electrons. The number of hydrogen-bond donors (Lipinski definition) is 0. The monoisotopic (exact) mass is 126 g/mol. The Morgan fingerprint density at radius 2 is 1.56 bits per heavy atom. The molecule has 0 bridgehead atoms. The Hall–Kier alpha value is 0.517. The summed E-state index contributed by atoms with van der Waals surface area (Å²) >= 11 is 0. The van der Waals surface area contributed by atoms with E-state index in [1.807, 2.05) is 20.8 Å². The smallest absolute Gasteiger partial charge is 1.00 e. The van der Waals surface area contributed by atoms with E-state index in [-0.39, 0.29) is 26.6 Å². The third-order valence-corrected chi connectivity index (χ3v) is 0.803. The minimum Gasteiger partial charge on any atom is -1.00 e. The van der Waals surface area contributed by atoms with Crippen LogP contribution in [-0.4, -0.2) is 19.5 Å². The quantitative estimate of drug-likeness (QED) is 0.338. The van der Waals surface area contributed by atoms with E-state index in [2.05, 4.69) is 0 Å². The predicted molar refractivity (Wildman–Crippen MR) is 33.8 cm³/mol. The van der Waals surface area contributed by atoms with Crippen LogP contribution >= 0.6 is 0 Å². The van der Waals surface area contributed by atoms with Gasteiger partial charge in [-0.05, 0) is 20.8 Å². The van der Waals surface area contributed by atoms with Crippen molar-refractivity contribution in [3.8, 4) is 0 Å². The van der Waals surface area contributed by atoms with E-state index in [1.54, 1.807) is 0 Å². The van der Waals surface area contributed by atoms with Crippen LogP contribution in [0.2, 0.25) is 0 Å². The molecule has 0 aromatic carbocycles. The molecule has 0 unspecified atom stereocenters. The maximum Gasteiger partial charge on any atom is 1.00 e. The Labute approximate surface area is 70.6 Å². The van der Waals surface area contributed by atoms with E-state index in [9.17, 15) is 0 Å². The second kappa shape index (κ2) is 8.52. The first-order chi connectivity index (χ1) is 3.81. The summed E-state index contributed by atoms with van der Waals surface area (Å²) in [6.45, 7) is 7.25. The van der Waals surface area contributed by atoms with Crippen molar-refractivity contribution in [3.05, 3.63) is 0 Å². The third-order valence-electron chi connectivity index (χ3n) is 0.803. The summed E-state index contributed by atoms with van der Waals surface area (Å²) in [5.74, 6) is 0. The van der Waals surface area contributed by atoms with Gasteiger partial charge in [-0.3, -0.25) is 0 Å². The van der Waals surface area contributed by atoms with Crippen molar-refractivity contribution >= 4 is 0 Å². The first-order valence-corrected chi connectivity index (χ1v) is 3.04. The zero-order valence-corrected chi connectivity index (χ0v) is 6.81. The Balaban J connectivity index is -0.000000245. The summed E-state index contributed by atoms with van der Waals surface area (Å²) < 4.78 is 10.1. The summed E-state index contributed by atoms with van der Waals surface area (Å²) in [5.41, 5.74) is 0. The zero-order valence-electron chi connectivity index (χ0n) is 7.81. The Bertz CT molecular complexity index is 49.0. The topological polar surface area (TPSA) is 18.5 Å². The summed E-state index contributed by atoms with van der Waals surface area (Å²) in [5, 5.41) is 0. The normalized spacial score (nSPS) is 9.33. The molecule has 0 heterocycles. The van der Waals surface area contributed by atoms with Gasteiger partial charge in [0.15, 0.2) is 6.29 Å². The molecule has 0 fully saturated rings. The van der Waals surface area contributed by atoms with Crippen LogP contribution in [0.15, 0.2) is 0 Å². The van der Waals surface area contributed by atoms with Gasteiger partial charge in [0.25, 0.3) is 0 Å². The zero-order chi connectivity index (χ0) is 6.41. The first-order valence-electron chi connectivity index (χ1n) is 3.04. The minimum atomic E-state index is -0.0370. The van der Waals surface area contributed by atoms with Gasteiger partial charge in [-0.25, -0.2) is 0 Å². The van der Waals surface area contributed by atoms with Gasteiger partial charge in [0.05, 0.1) is 0 Å². The molecule has 0 aliphatic carbocycles. The van der Waals surface area contributed by atoms with Crippen molar-refractivity contribution in [1.82, 2.24) is 0 Å². The molecule has 0 aromatic rings. The average Bonchev–Trinajstić information content (AvgIpc) is 1.68. The number of hydrogen-bond acceptors (Lipinski definition) is 2. The maximum atomic E-state index is 5.06. The Morgan fingerprint density at radius 1 is 1.22 bits per heavy atom. The molecule has 0 N–H and O–H groups in total. The van der Waals surface area contributed by atoms with E-state index in [4.69, 9.17) is 9.47 Å².